The summed E-state index contributed by atoms with van der Waals surface area (Å²) in [6.07, 6.45) is 0. The van der Waals surface area contributed by atoms with Crippen molar-refractivity contribution in [3.05, 3.63) is 32.7 Å². The molecule has 0 aliphatic carbocycles. The number of hydrogen-bond donors (Lipinski definition) is 1. The third-order valence-corrected chi connectivity index (χ3v) is 4.38. The molecule has 108 valence electrons. The highest BCUT2D eigenvalue weighted by atomic mass is 79.9. The van der Waals surface area contributed by atoms with Crippen LogP contribution < -0.4 is 5.32 Å². The number of ether oxygens (including phenoxy) is 1. The van der Waals surface area contributed by atoms with E-state index in [1.54, 1.807) is 0 Å². The summed E-state index contributed by atoms with van der Waals surface area (Å²) in [4.78, 5) is 0. The summed E-state index contributed by atoms with van der Waals surface area (Å²) in [5.74, 6) is 0.545. The highest BCUT2D eigenvalue weighted by Gasteiger charge is 2.18. The Morgan fingerprint density at radius 1 is 1.21 bits per heavy atom. The van der Waals surface area contributed by atoms with E-state index in [0.717, 1.165) is 22.2 Å². The molecule has 0 aliphatic heterocycles. The van der Waals surface area contributed by atoms with Crippen LogP contribution in [0.1, 0.15) is 39.3 Å². The van der Waals surface area contributed by atoms with Crippen LogP contribution in [0.3, 0.4) is 0 Å². The van der Waals surface area contributed by atoms with Gasteiger partial charge < -0.3 is 10.1 Å². The molecule has 0 aliphatic rings. The van der Waals surface area contributed by atoms with E-state index in [-0.39, 0.29) is 6.04 Å². The summed E-state index contributed by atoms with van der Waals surface area (Å²) < 4.78 is 7.78. The number of halogens is 2. The first-order valence-electron chi connectivity index (χ1n) is 6.74. The van der Waals surface area contributed by atoms with Gasteiger partial charge in [-0.1, -0.05) is 51.8 Å². The molecule has 0 bridgehead atoms. The van der Waals surface area contributed by atoms with Gasteiger partial charge in [-0.25, -0.2) is 0 Å². The fraction of sp³-hybridized carbons (Fsp3) is 0.600. The van der Waals surface area contributed by atoms with Crippen LogP contribution in [0.25, 0.3) is 0 Å². The Balaban J connectivity index is 2.72. The summed E-state index contributed by atoms with van der Waals surface area (Å²) in [5.41, 5.74) is 1.27. The van der Waals surface area contributed by atoms with Crippen molar-refractivity contribution < 1.29 is 4.74 Å². The lowest BCUT2D eigenvalue weighted by Gasteiger charge is -2.27. The molecule has 2 unspecified atom stereocenters. The van der Waals surface area contributed by atoms with Crippen molar-refractivity contribution in [1.29, 1.82) is 0 Å². The maximum Gasteiger partial charge on any atom is 0.0622 e. The van der Waals surface area contributed by atoms with E-state index in [9.17, 15) is 0 Å². The third kappa shape index (κ3) is 5.54. The molecule has 2 nitrogen and oxygen atoms in total. The first kappa shape index (κ1) is 17.2. The second-order valence-electron chi connectivity index (χ2n) is 5.06. The standard InChI is InChI=1S/C15H23Br2NO/c1-5-19-9-15(10(2)3)18-11(4)13-7-6-12(16)8-14(13)17/h6-8,10-11,15,18H,5,9H2,1-4H3. The molecule has 0 saturated heterocycles. The van der Waals surface area contributed by atoms with E-state index < -0.39 is 0 Å². The zero-order chi connectivity index (χ0) is 14.4. The first-order chi connectivity index (χ1) is 8.95. The van der Waals surface area contributed by atoms with Gasteiger partial charge in [0.1, 0.15) is 0 Å². The van der Waals surface area contributed by atoms with Crippen molar-refractivity contribution in [1.82, 2.24) is 5.32 Å². The molecule has 0 spiro atoms. The maximum atomic E-state index is 5.56. The van der Waals surface area contributed by atoms with Crippen molar-refractivity contribution in [2.24, 2.45) is 5.92 Å². The molecule has 0 radical (unpaired) electrons. The molecule has 1 aromatic carbocycles. The summed E-state index contributed by atoms with van der Waals surface area (Å²) in [6.45, 7) is 10.2. The van der Waals surface area contributed by atoms with Gasteiger partial charge in [0.05, 0.1) is 6.61 Å². The average molecular weight is 393 g/mol. The van der Waals surface area contributed by atoms with E-state index in [0.29, 0.717) is 12.0 Å². The third-order valence-electron chi connectivity index (χ3n) is 3.20. The largest absolute Gasteiger partial charge is 0.380 e. The van der Waals surface area contributed by atoms with Gasteiger partial charge in [0.25, 0.3) is 0 Å². The molecular weight excluding hydrogens is 370 g/mol. The second kappa shape index (κ2) is 8.40. The Labute approximate surface area is 133 Å². The van der Waals surface area contributed by atoms with Gasteiger partial charge in [-0.05, 0) is 37.5 Å². The Hall–Kier alpha value is 0.1000. The summed E-state index contributed by atoms with van der Waals surface area (Å²) in [5, 5.41) is 3.66. The van der Waals surface area contributed by atoms with Crippen molar-refractivity contribution in [3.8, 4) is 0 Å². The number of benzene rings is 1. The molecule has 0 heterocycles. The zero-order valence-electron chi connectivity index (χ0n) is 12.0. The molecule has 2 atom stereocenters. The normalized spacial score (nSPS) is 14.7. The van der Waals surface area contributed by atoms with Gasteiger partial charge >= 0.3 is 0 Å². The van der Waals surface area contributed by atoms with E-state index in [4.69, 9.17) is 4.74 Å². The zero-order valence-corrected chi connectivity index (χ0v) is 15.2. The highest BCUT2D eigenvalue weighted by Crippen LogP contribution is 2.27. The van der Waals surface area contributed by atoms with E-state index in [1.807, 2.05) is 6.92 Å². The minimum atomic E-state index is 0.287. The summed E-state index contributed by atoms with van der Waals surface area (Å²) >= 11 is 7.11. The lowest BCUT2D eigenvalue weighted by atomic mass is 10.0. The lowest BCUT2D eigenvalue weighted by Crippen LogP contribution is -2.39. The topological polar surface area (TPSA) is 21.3 Å². The molecule has 0 fully saturated rings. The Bertz CT molecular complexity index is 396. The van der Waals surface area contributed by atoms with Gasteiger partial charge in [0.2, 0.25) is 0 Å². The minimum absolute atomic E-state index is 0.287. The van der Waals surface area contributed by atoms with Crippen LogP contribution in [0.5, 0.6) is 0 Å². The van der Waals surface area contributed by atoms with Crippen LogP contribution in [-0.4, -0.2) is 19.3 Å². The van der Waals surface area contributed by atoms with Gasteiger partial charge in [-0.3, -0.25) is 0 Å². The smallest absolute Gasteiger partial charge is 0.0622 e. The molecule has 1 aromatic rings. The number of rotatable bonds is 7. The van der Waals surface area contributed by atoms with Gasteiger partial charge in [0, 0.05) is 27.6 Å². The molecular formula is C15H23Br2NO. The van der Waals surface area contributed by atoms with Crippen LogP contribution >= 0.6 is 31.9 Å². The lowest BCUT2D eigenvalue weighted by molar-refractivity contribution is 0.104. The van der Waals surface area contributed by atoms with Crippen molar-refractivity contribution >= 4 is 31.9 Å². The summed E-state index contributed by atoms with van der Waals surface area (Å²) in [6, 6.07) is 6.95. The fourth-order valence-electron chi connectivity index (χ4n) is 1.94. The second-order valence-corrected chi connectivity index (χ2v) is 6.83. The molecule has 19 heavy (non-hydrogen) atoms. The number of nitrogens with one attached hydrogen (secondary N) is 1. The molecule has 1 rings (SSSR count). The van der Waals surface area contributed by atoms with Crippen molar-refractivity contribution in [3.63, 3.8) is 0 Å². The van der Waals surface area contributed by atoms with Crippen molar-refractivity contribution in [2.75, 3.05) is 13.2 Å². The Morgan fingerprint density at radius 3 is 2.42 bits per heavy atom. The summed E-state index contributed by atoms with van der Waals surface area (Å²) in [7, 11) is 0. The van der Waals surface area contributed by atoms with Crippen LogP contribution in [0.2, 0.25) is 0 Å². The minimum Gasteiger partial charge on any atom is -0.380 e. The SMILES string of the molecule is CCOCC(NC(C)c1ccc(Br)cc1Br)C(C)C. The molecule has 0 saturated carbocycles. The van der Waals surface area contributed by atoms with E-state index in [1.165, 1.54) is 5.56 Å². The quantitative estimate of drug-likeness (QED) is 0.710. The molecule has 0 aromatic heterocycles. The number of hydrogen-bond acceptors (Lipinski definition) is 2. The molecule has 0 amide bonds. The van der Waals surface area contributed by atoms with Crippen LogP contribution in [0, 0.1) is 5.92 Å². The molecule has 4 heteroatoms. The first-order valence-corrected chi connectivity index (χ1v) is 8.33. The maximum absolute atomic E-state index is 5.56. The van der Waals surface area contributed by atoms with Gasteiger partial charge in [-0.15, -0.1) is 0 Å². The highest BCUT2D eigenvalue weighted by molar-refractivity contribution is 9.11. The van der Waals surface area contributed by atoms with Crippen LogP contribution in [0.4, 0.5) is 0 Å². The van der Waals surface area contributed by atoms with Gasteiger partial charge in [0.15, 0.2) is 0 Å². The van der Waals surface area contributed by atoms with E-state index >= 15 is 0 Å². The monoisotopic (exact) mass is 391 g/mol. The van der Waals surface area contributed by atoms with E-state index in [2.05, 4.69) is 76.1 Å². The molecule has 1 N–H and O–H groups in total. The Morgan fingerprint density at radius 2 is 1.89 bits per heavy atom. The van der Waals surface area contributed by atoms with Gasteiger partial charge in [-0.2, -0.15) is 0 Å². The fourth-order valence-corrected chi connectivity index (χ4v) is 3.33. The van der Waals surface area contributed by atoms with Crippen LogP contribution in [0.15, 0.2) is 27.1 Å². The average Bonchev–Trinajstić information content (AvgIpc) is 2.33. The van der Waals surface area contributed by atoms with Crippen LogP contribution in [-0.2, 0) is 4.74 Å². The predicted octanol–water partition coefficient (Wildman–Crippen LogP) is 4.92. The van der Waals surface area contributed by atoms with Crippen molar-refractivity contribution in [2.45, 2.75) is 39.8 Å². The Kier molecular flexibility index (Phi) is 7.58. The predicted molar refractivity (Wildman–Crippen MR) is 88.5 cm³/mol.